The largest absolute Gasteiger partial charge is 0.464 e. The molecule has 0 spiro atoms. The van der Waals surface area contributed by atoms with Gasteiger partial charge in [0.2, 0.25) is 0 Å². The highest BCUT2D eigenvalue weighted by atomic mass is 16.5. The molecule has 34 heavy (non-hydrogen) atoms. The zero-order valence-corrected chi connectivity index (χ0v) is 18.9. The Kier molecular flexibility index (Phi) is 6.03. The molecule has 2 N–H and O–H groups in total. The number of ether oxygens (including phenoxy) is 1. The topological polar surface area (TPSA) is 106 Å². The normalized spacial score (nSPS) is 15.1. The van der Waals surface area contributed by atoms with Crippen LogP contribution >= 0.6 is 0 Å². The Morgan fingerprint density at radius 1 is 1.03 bits per heavy atom. The van der Waals surface area contributed by atoms with E-state index in [0.29, 0.717) is 28.7 Å². The molecule has 172 valence electrons. The summed E-state index contributed by atoms with van der Waals surface area (Å²) in [7, 11) is 1.31. The van der Waals surface area contributed by atoms with Crippen molar-refractivity contribution in [3.63, 3.8) is 0 Å². The van der Waals surface area contributed by atoms with Crippen molar-refractivity contribution in [3.8, 4) is 11.3 Å². The molecule has 2 aliphatic rings. The molecule has 0 bridgehead atoms. The lowest BCUT2D eigenvalue weighted by molar-refractivity contribution is 0.0595. The molecule has 1 amide bonds. The third kappa shape index (κ3) is 4.52. The maximum absolute atomic E-state index is 12.5. The average Bonchev–Trinajstić information content (AvgIpc) is 3.25. The molecular formula is C26H25N5O3. The first-order valence-corrected chi connectivity index (χ1v) is 11.4. The van der Waals surface area contributed by atoms with Gasteiger partial charge in [0, 0.05) is 34.8 Å². The van der Waals surface area contributed by atoms with Crippen molar-refractivity contribution >= 4 is 35.3 Å². The number of carbonyl (C=O) groups excluding carboxylic acids is 2. The molecule has 5 rings (SSSR count). The van der Waals surface area contributed by atoms with Crippen LogP contribution in [0.5, 0.6) is 0 Å². The van der Waals surface area contributed by atoms with Crippen molar-refractivity contribution in [3.05, 3.63) is 65.5 Å². The van der Waals surface area contributed by atoms with E-state index in [-0.39, 0.29) is 11.6 Å². The highest BCUT2D eigenvalue weighted by molar-refractivity contribution is 6.13. The van der Waals surface area contributed by atoms with Crippen LogP contribution in [0.1, 0.15) is 58.5 Å². The molecule has 8 heteroatoms. The highest BCUT2D eigenvalue weighted by Crippen LogP contribution is 2.27. The summed E-state index contributed by atoms with van der Waals surface area (Å²) in [4.78, 5) is 37.0. The van der Waals surface area contributed by atoms with Crippen LogP contribution in [0.25, 0.3) is 11.3 Å². The predicted octanol–water partition coefficient (Wildman–Crippen LogP) is 4.99. The van der Waals surface area contributed by atoms with E-state index >= 15 is 0 Å². The molecular weight excluding hydrogens is 430 g/mol. The maximum atomic E-state index is 12.5. The van der Waals surface area contributed by atoms with E-state index in [9.17, 15) is 9.59 Å². The number of fused-ring (bicyclic) bond motifs is 1. The molecule has 2 heterocycles. The quantitative estimate of drug-likeness (QED) is 0.504. The third-order valence-electron chi connectivity index (χ3n) is 6.17. The lowest BCUT2D eigenvalue weighted by Gasteiger charge is -2.24. The predicted molar refractivity (Wildman–Crippen MR) is 131 cm³/mol. The van der Waals surface area contributed by atoms with Gasteiger partial charge >= 0.3 is 5.97 Å². The molecule has 0 radical (unpaired) electrons. The lowest BCUT2D eigenvalue weighted by atomic mass is 9.95. The molecule has 0 saturated heterocycles. The van der Waals surface area contributed by atoms with Crippen LogP contribution in [0.15, 0.2) is 53.7 Å². The van der Waals surface area contributed by atoms with Crippen molar-refractivity contribution in [2.45, 2.75) is 38.1 Å². The van der Waals surface area contributed by atoms with E-state index in [1.165, 1.54) is 45.4 Å². The molecule has 0 unspecified atom stereocenters. The van der Waals surface area contributed by atoms with Crippen molar-refractivity contribution in [2.24, 2.45) is 4.99 Å². The van der Waals surface area contributed by atoms with Crippen LogP contribution in [0, 0.1) is 0 Å². The Labute approximate surface area is 197 Å². The van der Waals surface area contributed by atoms with Crippen LogP contribution in [0.3, 0.4) is 0 Å². The Morgan fingerprint density at radius 2 is 1.79 bits per heavy atom. The SMILES string of the molecule is COC(=O)c1nc(-c2ccc3c(c2)C=NC3=O)cnc1Nc1ccc(NC2CCCCC2)cc1. The fourth-order valence-electron chi connectivity index (χ4n) is 4.35. The van der Waals surface area contributed by atoms with Crippen LogP contribution < -0.4 is 10.6 Å². The van der Waals surface area contributed by atoms with Gasteiger partial charge in [0.05, 0.1) is 24.6 Å². The van der Waals surface area contributed by atoms with Gasteiger partial charge in [-0.05, 0) is 49.2 Å². The van der Waals surface area contributed by atoms with Gasteiger partial charge in [-0.25, -0.2) is 19.8 Å². The summed E-state index contributed by atoms with van der Waals surface area (Å²) < 4.78 is 4.94. The molecule has 2 aromatic carbocycles. The standard InChI is InChI=1S/C26H25N5O3/c1-34-26(33)23-24(30-20-10-8-19(9-11-20)29-18-5-3-2-4-6-18)27-15-22(31-23)16-7-12-21-17(13-16)14-28-25(21)32/h7-15,18,29H,2-6H2,1H3,(H,27,30). The smallest absolute Gasteiger partial charge is 0.360 e. The summed E-state index contributed by atoms with van der Waals surface area (Å²) in [5.74, 6) is -0.547. The maximum Gasteiger partial charge on any atom is 0.360 e. The number of nitrogens with zero attached hydrogens (tertiary/aromatic N) is 3. The van der Waals surface area contributed by atoms with E-state index < -0.39 is 5.97 Å². The highest BCUT2D eigenvalue weighted by Gasteiger charge is 2.20. The summed E-state index contributed by atoms with van der Waals surface area (Å²) in [5.41, 5.74) is 4.42. The van der Waals surface area contributed by atoms with Crippen LogP contribution in [0.4, 0.5) is 17.2 Å². The summed E-state index contributed by atoms with van der Waals surface area (Å²) in [6.45, 7) is 0. The lowest BCUT2D eigenvalue weighted by Crippen LogP contribution is -2.22. The number of hydrogen-bond donors (Lipinski definition) is 2. The first-order valence-electron chi connectivity index (χ1n) is 11.4. The Hall–Kier alpha value is -4.07. The number of esters is 1. The number of nitrogens with one attached hydrogen (secondary N) is 2. The summed E-state index contributed by atoms with van der Waals surface area (Å²) in [6, 6.07) is 13.7. The zero-order valence-electron chi connectivity index (χ0n) is 18.9. The van der Waals surface area contributed by atoms with Gasteiger partial charge in [0.25, 0.3) is 5.91 Å². The minimum absolute atomic E-state index is 0.0784. The van der Waals surface area contributed by atoms with E-state index in [2.05, 4.69) is 25.6 Å². The van der Waals surface area contributed by atoms with E-state index in [0.717, 1.165) is 16.9 Å². The fourth-order valence-corrected chi connectivity index (χ4v) is 4.35. The Morgan fingerprint density at radius 3 is 2.56 bits per heavy atom. The number of methoxy groups -OCH3 is 1. The van der Waals surface area contributed by atoms with Crippen molar-refractivity contribution in [1.82, 2.24) is 9.97 Å². The first-order chi connectivity index (χ1) is 16.6. The zero-order chi connectivity index (χ0) is 23.5. The second-order valence-corrected chi connectivity index (χ2v) is 8.49. The molecule has 1 aliphatic carbocycles. The second kappa shape index (κ2) is 9.43. The number of anilines is 3. The van der Waals surface area contributed by atoms with Crippen molar-refractivity contribution < 1.29 is 14.3 Å². The van der Waals surface area contributed by atoms with Gasteiger partial charge in [-0.2, -0.15) is 0 Å². The van der Waals surface area contributed by atoms with Crippen LogP contribution in [-0.2, 0) is 4.74 Å². The second-order valence-electron chi connectivity index (χ2n) is 8.49. The summed E-state index contributed by atoms with van der Waals surface area (Å²) in [6.07, 6.45) is 9.40. The number of rotatable bonds is 6. The van der Waals surface area contributed by atoms with Crippen molar-refractivity contribution in [1.29, 1.82) is 0 Å². The average molecular weight is 456 g/mol. The minimum atomic E-state index is -0.592. The molecule has 1 aromatic heterocycles. The number of aliphatic imine (C=N–C) groups is 1. The number of benzene rings is 2. The van der Waals surface area contributed by atoms with E-state index in [1.807, 2.05) is 24.3 Å². The number of hydrogen-bond acceptors (Lipinski definition) is 7. The van der Waals surface area contributed by atoms with Crippen LogP contribution in [0.2, 0.25) is 0 Å². The van der Waals surface area contributed by atoms with E-state index in [4.69, 9.17) is 4.74 Å². The minimum Gasteiger partial charge on any atom is -0.464 e. The van der Waals surface area contributed by atoms with Gasteiger partial charge in [0.1, 0.15) is 0 Å². The van der Waals surface area contributed by atoms with Gasteiger partial charge in [-0.3, -0.25) is 4.79 Å². The molecule has 3 aromatic rings. The fraction of sp³-hybridized carbons (Fsp3) is 0.269. The molecule has 1 aliphatic heterocycles. The molecule has 1 saturated carbocycles. The Balaban J connectivity index is 1.37. The van der Waals surface area contributed by atoms with Gasteiger partial charge in [-0.1, -0.05) is 25.3 Å². The molecule has 8 nitrogen and oxygen atoms in total. The van der Waals surface area contributed by atoms with Crippen molar-refractivity contribution in [2.75, 3.05) is 17.7 Å². The summed E-state index contributed by atoms with van der Waals surface area (Å²) in [5, 5.41) is 6.77. The third-order valence-corrected chi connectivity index (χ3v) is 6.17. The van der Waals surface area contributed by atoms with Gasteiger partial charge < -0.3 is 15.4 Å². The summed E-state index contributed by atoms with van der Waals surface area (Å²) >= 11 is 0. The van der Waals surface area contributed by atoms with E-state index in [1.54, 1.807) is 24.4 Å². The number of aromatic nitrogens is 2. The molecule has 0 atom stereocenters. The first kappa shape index (κ1) is 21.8. The van der Waals surface area contributed by atoms with Crippen LogP contribution in [-0.4, -0.2) is 41.2 Å². The van der Waals surface area contributed by atoms with Gasteiger partial charge in [0.15, 0.2) is 11.5 Å². The Bertz CT molecular complexity index is 1260. The number of carbonyl (C=O) groups is 2. The monoisotopic (exact) mass is 455 g/mol. The number of amides is 1. The van der Waals surface area contributed by atoms with Gasteiger partial charge in [-0.15, -0.1) is 0 Å². The molecule has 1 fully saturated rings.